The molecule has 3 rings (SSSR count). The molecule has 0 aliphatic carbocycles. The summed E-state index contributed by atoms with van der Waals surface area (Å²) < 4.78 is 12.2. The summed E-state index contributed by atoms with van der Waals surface area (Å²) >= 11 is 7.05. The first-order valence-corrected chi connectivity index (χ1v) is 11.0. The summed E-state index contributed by atoms with van der Waals surface area (Å²) in [6, 6.07) is 6.83. The number of anilines is 1. The molecule has 0 radical (unpaired) electrons. The Morgan fingerprint density at radius 3 is 2.62 bits per heavy atom. The van der Waals surface area contributed by atoms with E-state index in [2.05, 4.69) is 10.4 Å². The second kappa shape index (κ2) is 9.97. The lowest BCUT2D eigenvalue weighted by molar-refractivity contribution is 0.0527. The van der Waals surface area contributed by atoms with Gasteiger partial charge in [0.15, 0.2) is 18.2 Å². The second-order valence-electron chi connectivity index (χ2n) is 6.92. The Kier molecular flexibility index (Phi) is 7.32. The Bertz CT molecular complexity index is 1180. The zero-order chi connectivity index (χ0) is 23.4. The van der Waals surface area contributed by atoms with Gasteiger partial charge in [0.25, 0.3) is 5.91 Å². The van der Waals surface area contributed by atoms with E-state index in [1.807, 2.05) is 13.0 Å². The number of thiophene rings is 1. The third-order valence-electron chi connectivity index (χ3n) is 4.54. The van der Waals surface area contributed by atoms with Crippen LogP contribution in [0.4, 0.5) is 5.00 Å². The molecule has 1 N–H and O–H groups in total. The summed E-state index contributed by atoms with van der Waals surface area (Å²) in [4.78, 5) is 37.4. The zero-order valence-electron chi connectivity index (χ0n) is 18.0. The number of amides is 1. The van der Waals surface area contributed by atoms with E-state index in [4.69, 9.17) is 21.1 Å². The van der Waals surface area contributed by atoms with Gasteiger partial charge in [0, 0.05) is 11.2 Å². The van der Waals surface area contributed by atoms with Crippen molar-refractivity contribution in [3.05, 3.63) is 62.7 Å². The van der Waals surface area contributed by atoms with E-state index in [-0.39, 0.29) is 35.4 Å². The molecule has 0 spiro atoms. The first-order valence-electron chi connectivity index (χ1n) is 9.76. The number of benzene rings is 1. The van der Waals surface area contributed by atoms with Gasteiger partial charge in [0.1, 0.15) is 10.8 Å². The molecule has 0 saturated heterocycles. The predicted octanol–water partition coefficient (Wildman–Crippen LogP) is 4.88. The van der Waals surface area contributed by atoms with E-state index in [0.717, 1.165) is 16.9 Å². The molecule has 0 atom stereocenters. The molecular weight excluding hydrogens is 454 g/mol. The quantitative estimate of drug-likeness (QED) is 0.368. The highest BCUT2D eigenvalue weighted by atomic mass is 35.5. The maximum atomic E-state index is 12.7. The Morgan fingerprint density at radius 2 is 1.97 bits per heavy atom. The standard InChI is InChI=1S/C22H22ClN3O5S/c1-5-30-22(29)18-13(3)19(14(4)27)32-21(18)24-20(28)17-8-9-26(25-17)11-31-15-6-7-16(23)12(2)10-15/h6-10H,5,11H2,1-4H3,(H,24,28). The van der Waals surface area contributed by atoms with Crippen LogP contribution in [0.2, 0.25) is 5.02 Å². The molecule has 0 aliphatic heterocycles. The van der Waals surface area contributed by atoms with Crippen molar-refractivity contribution >= 4 is 45.6 Å². The van der Waals surface area contributed by atoms with Gasteiger partial charge in [-0.3, -0.25) is 9.59 Å². The molecule has 0 bridgehead atoms. The lowest BCUT2D eigenvalue weighted by atomic mass is 10.1. The number of ether oxygens (including phenoxy) is 2. The van der Waals surface area contributed by atoms with Crippen LogP contribution in [0.25, 0.3) is 0 Å². The number of esters is 1. The summed E-state index contributed by atoms with van der Waals surface area (Å²) in [6.45, 7) is 6.89. The fourth-order valence-corrected chi connectivity index (χ4v) is 4.16. The lowest BCUT2D eigenvalue weighted by Gasteiger charge is -2.08. The third kappa shape index (κ3) is 5.17. The molecule has 8 nitrogen and oxygen atoms in total. The van der Waals surface area contributed by atoms with Crippen LogP contribution in [-0.2, 0) is 11.5 Å². The molecule has 0 aliphatic rings. The van der Waals surface area contributed by atoms with E-state index < -0.39 is 11.9 Å². The first-order chi connectivity index (χ1) is 15.2. The summed E-state index contributed by atoms with van der Waals surface area (Å²) in [5.74, 6) is -0.690. The monoisotopic (exact) mass is 475 g/mol. The van der Waals surface area contributed by atoms with E-state index >= 15 is 0 Å². The van der Waals surface area contributed by atoms with Crippen molar-refractivity contribution in [3.63, 3.8) is 0 Å². The molecule has 1 amide bonds. The fourth-order valence-electron chi connectivity index (χ4n) is 2.96. The van der Waals surface area contributed by atoms with Crippen LogP contribution in [0.1, 0.15) is 55.5 Å². The molecule has 3 aromatic rings. The number of halogens is 1. The molecular formula is C22H22ClN3O5S. The maximum absolute atomic E-state index is 12.7. The fraction of sp³-hybridized carbons (Fsp3) is 0.273. The number of carbonyl (C=O) groups excluding carboxylic acids is 3. The van der Waals surface area contributed by atoms with Gasteiger partial charge < -0.3 is 14.8 Å². The van der Waals surface area contributed by atoms with Crippen molar-refractivity contribution in [1.29, 1.82) is 0 Å². The average molecular weight is 476 g/mol. The molecule has 10 heteroatoms. The van der Waals surface area contributed by atoms with Crippen molar-refractivity contribution in [1.82, 2.24) is 9.78 Å². The van der Waals surface area contributed by atoms with Crippen molar-refractivity contribution in [2.75, 3.05) is 11.9 Å². The number of hydrogen-bond donors (Lipinski definition) is 1. The second-order valence-corrected chi connectivity index (χ2v) is 8.34. The molecule has 32 heavy (non-hydrogen) atoms. The number of aryl methyl sites for hydroxylation is 1. The highest BCUT2D eigenvalue weighted by Gasteiger charge is 2.26. The number of rotatable bonds is 8. The smallest absolute Gasteiger partial charge is 0.341 e. The highest BCUT2D eigenvalue weighted by molar-refractivity contribution is 7.18. The minimum atomic E-state index is -0.596. The van der Waals surface area contributed by atoms with Crippen molar-refractivity contribution < 1.29 is 23.9 Å². The Labute approximate surface area is 194 Å². The summed E-state index contributed by atoms with van der Waals surface area (Å²) in [5.41, 5.74) is 1.68. The SMILES string of the molecule is CCOC(=O)c1c(NC(=O)c2ccn(COc3ccc(Cl)c(C)c3)n2)sc(C(C)=O)c1C. The average Bonchev–Trinajstić information content (AvgIpc) is 3.34. The molecule has 2 heterocycles. The third-order valence-corrected chi connectivity index (χ3v) is 6.27. The minimum Gasteiger partial charge on any atom is -0.471 e. The van der Waals surface area contributed by atoms with E-state index in [9.17, 15) is 14.4 Å². The van der Waals surface area contributed by atoms with Gasteiger partial charge in [0.2, 0.25) is 0 Å². The van der Waals surface area contributed by atoms with Gasteiger partial charge in [-0.25, -0.2) is 9.48 Å². The maximum Gasteiger partial charge on any atom is 0.341 e. The van der Waals surface area contributed by atoms with Crippen molar-refractivity contribution in [3.8, 4) is 5.75 Å². The van der Waals surface area contributed by atoms with Crippen LogP contribution in [0.15, 0.2) is 30.5 Å². The lowest BCUT2D eigenvalue weighted by Crippen LogP contribution is -2.16. The Morgan fingerprint density at radius 1 is 1.22 bits per heavy atom. The van der Waals surface area contributed by atoms with Crippen molar-refractivity contribution in [2.24, 2.45) is 0 Å². The number of Topliss-reactive ketones (excluding diaryl/α,β-unsaturated/α-hetero) is 1. The minimum absolute atomic E-state index is 0.0923. The summed E-state index contributed by atoms with van der Waals surface area (Å²) in [6.07, 6.45) is 1.60. The van der Waals surface area contributed by atoms with Gasteiger partial charge in [-0.05, 0) is 63.1 Å². The first kappa shape index (κ1) is 23.5. The Hall–Kier alpha value is -3.17. The number of nitrogens with zero attached hydrogens (tertiary/aromatic N) is 2. The van der Waals surface area contributed by atoms with Gasteiger partial charge in [-0.15, -0.1) is 11.3 Å². The topological polar surface area (TPSA) is 99.5 Å². The van der Waals surface area contributed by atoms with Crippen molar-refractivity contribution in [2.45, 2.75) is 34.4 Å². The normalized spacial score (nSPS) is 10.7. The molecule has 168 valence electrons. The number of carbonyl (C=O) groups is 3. The van der Waals surface area contributed by atoms with Crippen LogP contribution in [-0.4, -0.2) is 34.0 Å². The van der Waals surface area contributed by atoms with Gasteiger partial charge in [0.05, 0.1) is 17.0 Å². The summed E-state index contributed by atoms with van der Waals surface area (Å²) in [7, 11) is 0. The van der Waals surface area contributed by atoms with Crippen LogP contribution >= 0.6 is 22.9 Å². The van der Waals surface area contributed by atoms with Crippen LogP contribution < -0.4 is 10.1 Å². The van der Waals surface area contributed by atoms with E-state index in [1.54, 1.807) is 32.2 Å². The highest BCUT2D eigenvalue weighted by Crippen LogP contribution is 2.34. The molecule has 0 fully saturated rings. The van der Waals surface area contributed by atoms with E-state index in [0.29, 0.717) is 21.2 Å². The largest absolute Gasteiger partial charge is 0.471 e. The number of nitrogens with one attached hydrogen (secondary N) is 1. The Balaban J connectivity index is 1.74. The molecule has 0 saturated carbocycles. The van der Waals surface area contributed by atoms with Crippen LogP contribution in [0.5, 0.6) is 5.75 Å². The van der Waals surface area contributed by atoms with Crippen LogP contribution in [0, 0.1) is 13.8 Å². The number of ketones is 1. The zero-order valence-corrected chi connectivity index (χ0v) is 19.6. The molecule has 0 unspecified atom stereocenters. The number of hydrogen-bond acceptors (Lipinski definition) is 7. The van der Waals surface area contributed by atoms with Gasteiger partial charge >= 0.3 is 5.97 Å². The van der Waals surface area contributed by atoms with Crippen LogP contribution in [0.3, 0.4) is 0 Å². The van der Waals surface area contributed by atoms with E-state index in [1.165, 1.54) is 17.7 Å². The molecule has 1 aromatic carbocycles. The van der Waals surface area contributed by atoms with Gasteiger partial charge in [-0.2, -0.15) is 5.10 Å². The number of aromatic nitrogens is 2. The predicted molar refractivity (Wildman–Crippen MR) is 122 cm³/mol. The summed E-state index contributed by atoms with van der Waals surface area (Å²) in [5, 5.41) is 7.79. The van der Waals surface area contributed by atoms with Gasteiger partial charge in [-0.1, -0.05) is 11.6 Å². The molecule has 2 aromatic heterocycles.